The SMILES string of the molecule is c1ccc(SC2CCC2)c(CN2CCNCC2)c1. The van der Waals surface area contributed by atoms with E-state index < -0.39 is 0 Å². The quantitative estimate of drug-likeness (QED) is 0.898. The summed E-state index contributed by atoms with van der Waals surface area (Å²) in [6.45, 7) is 5.76. The van der Waals surface area contributed by atoms with Crippen LogP contribution < -0.4 is 5.32 Å². The minimum absolute atomic E-state index is 0.883. The van der Waals surface area contributed by atoms with Crippen LogP contribution in [0.25, 0.3) is 0 Å². The molecule has 2 aliphatic rings. The second-order valence-corrected chi connectivity index (χ2v) is 6.65. The molecule has 0 radical (unpaired) electrons. The zero-order chi connectivity index (χ0) is 12.2. The second-order valence-electron chi connectivity index (χ2n) is 5.30. The Morgan fingerprint density at radius 2 is 1.94 bits per heavy atom. The molecule has 0 bridgehead atoms. The molecule has 0 atom stereocenters. The predicted molar refractivity (Wildman–Crippen MR) is 78.1 cm³/mol. The van der Waals surface area contributed by atoms with Crippen LogP contribution in [-0.4, -0.2) is 36.3 Å². The molecule has 0 aromatic heterocycles. The van der Waals surface area contributed by atoms with Crippen molar-refractivity contribution in [3.05, 3.63) is 29.8 Å². The molecule has 1 N–H and O–H groups in total. The fourth-order valence-corrected chi connectivity index (χ4v) is 3.90. The normalized spacial score (nSPS) is 21.8. The summed E-state index contributed by atoms with van der Waals surface area (Å²) in [6, 6.07) is 8.98. The first-order valence-electron chi connectivity index (χ1n) is 7.09. The summed E-state index contributed by atoms with van der Waals surface area (Å²) in [5, 5.41) is 4.30. The van der Waals surface area contributed by atoms with E-state index in [4.69, 9.17) is 0 Å². The molecule has 0 unspecified atom stereocenters. The summed E-state index contributed by atoms with van der Waals surface area (Å²) in [7, 11) is 0. The largest absolute Gasteiger partial charge is 0.314 e. The first-order valence-corrected chi connectivity index (χ1v) is 7.97. The Balaban J connectivity index is 1.65. The Labute approximate surface area is 114 Å². The van der Waals surface area contributed by atoms with Crippen LogP contribution in [0.3, 0.4) is 0 Å². The lowest BCUT2D eigenvalue weighted by molar-refractivity contribution is 0.232. The molecule has 1 aromatic carbocycles. The number of rotatable bonds is 4. The fraction of sp³-hybridized carbons (Fsp3) is 0.600. The average molecular weight is 262 g/mol. The highest BCUT2D eigenvalue weighted by Crippen LogP contribution is 2.38. The Bertz CT molecular complexity index is 384. The first-order chi connectivity index (χ1) is 8.92. The smallest absolute Gasteiger partial charge is 0.0245 e. The van der Waals surface area contributed by atoms with Crippen molar-refractivity contribution in [1.82, 2.24) is 10.2 Å². The van der Waals surface area contributed by atoms with Crippen LogP contribution in [0.4, 0.5) is 0 Å². The van der Waals surface area contributed by atoms with E-state index in [9.17, 15) is 0 Å². The lowest BCUT2D eigenvalue weighted by Crippen LogP contribution is -2.42. The Morgan fingerprint density at radius 3 is 2.67 bits per heavy atom. The van der Waals surface area contributed by atoms with Gasteiger partial charge in [-0.3, -0.25) is 4.90 Å². The van der Waals surface area contributed by atoms with E-state index in [0.717, 1.165) is 24.9 Å². The van der Waals surface area contributed by atoms with E-state index in [1.807, 2.05) is 0 Å². The monoisotopic (exact) mass is 262 g/mol. The highest BCUT2D eigenvalue weighted by Gasteiger charge is 2.20. The first kappa shape index (κ1) is 12.5. The van der Waals surface area contributed by atoms with Gasteiger partial charge in [0.1, 0.15) is 0 Å². The molecule has 0 amide bonds. The van der Waals surface area contributed by atoms with Gasteiger partial charge in [-0.25, -0.2) is 0 Å². The number of nitrogens with one attached hydrogen (secondary N) is 1. The molecule has 1 aliphatic heterocycles. The number of thioether (sulfide) groups is 1. The van der Waals surface area contributed by atoms with Crippen molar-refractivity contribution in [2.24, 2.45) is 0 Å². The van der Waals surface area contributed by atoms with E-state index in [0.29, 0.717) is 0 Å². The molecule has 1 saturated heterocycles. The molecule has 2 nitrogen and oxygen atoms in total. The van der Waals surface area contributed by atoms with Crippen molar-refractivity contribution in [2.75, 3.05) is 26.2 Å². The Morgan fingerprint density at radius 1 is 1.17 bits per heavy atom. The molecular weight excluding hydrogens is 240 g/mol. The van der Waals surface area contributed by atoms with Crippen LogP contribution in [-0.2, 0) is 6.54 Å². The molecular formula is C15H22N2S. The van der Waals surface area contributed by atoms with E-state index in [2.05, 4.69) is 46.2 Å². The van der Waals surface area contributed by atoms with Crippen molar-refractivity contribution in [2.45, 2.75) is 36.0 Å². The maximum absolute atomic E-state index is 3.42. The predicted octanol–water partition coefficient (Wildman–Crippen LogP) is 2.74. The molecule has 1 aliphatic carbocycles. The molecule has 98 valence electrons. The maximum Gasteiger partial charge on any atom is 0.0245 e. The third kappa shape index (κ3) is 3.08. The van der Waals surface area contributed by atoms with Gasteiger partial charge in [-0.15, -0.1) is 11.8 Å². The van der Waals surface area contributed by atoms with Crippen LogP contribution >= 0.6 is 11.8 Å². The van der Waals surface area contributed by atoms with Gasteiger partial charge in [0, 0.05) is 42.9 Å². The van der Waals surface area contributed by atoms with Crippen LogP contribution in [0.1, 0.15) is 24.8 Å². The molecule has 2 fully saturated rings. The van der Waals surface area contributed by atoms with Crippen molar-refractivity contribution in [1.29, 1.82) is 0 Å². The third-order valence-corrected chi connectivity index (χ3v) is 5.38. The fourth-order valence-electron chi connectivity index (χ4n) is 2.53. The van der Waals surface area contributed by atoms with Crippen LogP contribution in [0.5, 0.6) is 0 Å². The number of hydrogen-bond acceptors (Lipinski definition) is 3. The van der Waals surface area contributed by atoms with Gasteiger partial charge in [0.15, 0.2) is 0 Å². The van der Waals surface area contributed by atoms with Gasteiger partial charge in [-0.05, 0) is 24.5 Å². The lowest BCUT2D eigenvalue weighted by Gasteiger charge is -2.29. The second kappa shape index (κ2) is 6.09. The van der Waals surface area contributed by atoms with Gasteiger partial charge in [0.2, 0.25) is 0 Å². The van der Waals surface area contributed by atoms with Gasteiger partial charge < -0.3 is 5.32 Å². The zero-order valence-corrected chi connectivity index (χ0v) is 11.7. The van der Waals surface area contributed by atoms with E-state index >= 15 is 0 Å². The van der Waals surface area contributed by atoms with Crippen molar-refractivity contribution >= 4 is 11.8 Å². The minimum atomic E-state index is 0.883. The molecule has 3 rings (SSSR count). The standard InChI is InChI=1S/C15H22N2S/c1-2-7-15(18-14-5-3-6-14)13(4-1)12-17-10-8-16-9-11-17/h1-2,4,7,14,16H,3,5-6,8-12H2. The topological polar surface area (TPSA) is 15.3 Å². The van der Waals surface area contributed by atoms with E-state index in [1.165, 1.54) is 42.8 Å². The number of benzene rings is 1. The zero-order valence-electron chi connectivity index (χ0n) is 10.9. The summed E-state index contributed by atoms with van der Waals surface area (Å²) in [5.74, 6) is 0. The van der Waals surface area contributed by atoms with Crippen LogP contribution in [0.15, 0.2) is 29.2 Å². The highest BCUT2D eigenvalue weighted by atomic mass is 32.2. The molecule has 1 aromatic rings. The van der Waals surface area contributed by atoms with Crippen molar-refractivity contribution in [3.63, 3.8) is 0 Å². The summed E-state index contributed by atoms with van der Waals surface area (Å²) in [6.07, 6.45) is 4.25. The minimum Gasteiger partial charge on any atom is -0.314 e. The van der Waals surface area contributed by atoms with Gasteiger partial charge in [0.25, 0.3) is 0 Å². The number of nitrogens with zero attached hydrogens (tertiary/aromatic N) is 1. The molecule has 0 spiro atoms. The van der Waals surface area contributed by atoms with Gasteiger partial charge in [0.05, 0.1) is 0 Å². The number of hydrogen-bond donors (Lipinski definition) is 1. The van der Waals surface area contributed by atoms with Gasteiger partial charge in [-0.2, -0.15) is 0 Å². The Hall–Kier alpha value is -0.510. The summed E-state index contributed by atoms with van der Waals surface area (Å²) < 4.78 is 0. The van der Waals surface area contributed by atoms with E-state index in [-0.39, 0.29) is 0 Å². The molecule has 1 heterocycles. The molecule has 18 heavy (non-hydrogen) atoms. The summed E-state index contributed by atoms with van der Waals surface area (Å²) in [4.78, 5) is 4.08. The maximum atomic E-state index is 3.42. The summed E-state index contributed by atoms with van der Waals surface area (Å²) >= 11 is 2.10. The highest BCUT2D eigenvalue weighted by molar-refractivity contribution is 8.00. The average Bonchev–Trinajstić information content (AvgIpc) is 2.37. The molecule has 1 saturated carbocycles. The number of piperazine rings is 1. The molecule has 3 heteroatoms. The van der Waals surface area contributed by atoms with Gasteiger partial charge >= 0.3 is 0 Å². The van der Waals surface area contributed by atoms with Crippen molar-refractivity contribution in [3.8, 4) is 0 Å². The van der Waals surface area contributed by atoms with E-state index in [1.54, 1.807) is 0 Å². The Kier molecular flexibility index (Phi) is 4.24. The van der Waals surface area contributed by atoms with Crippen LogP contribution in [0.2, 0.25) is 0 Å². The van der Waals surface area contributed by atoms with Crippen LogP contribution in [0, 0.1) is 0 Å². The third-order valence-electron chi connectivity index (χ3n) is 3.92. The van der Waals surface area contributed by atoms with Gasteiger partial charge in [-0.1, -0.05) is 24.6 Å². The lowest BCUT2D eigenvalue weighted by atomic mass is 10.00. The summed E-state index contributed by atoms with van der Waals surface area (Å²) in [5.41, 5.74) is 1.52. The van der Waals surface area contributed by atoms with Crippen molar-refractivity contribution < 1.29 is 0 Å².